The monoisotopic (exact) mass is 588 g/mol. The molecule has 230 valence electrons. The average molecular weight is 589 g/mol. The number of anilines is 2. The molecule has 0 amide bonds. The summed E-state index contributed by atoms with van der Waals surface area (Å²) in [7, 11) is 0. The number of hydrogen-bond acceptors (Lipinski definition) is 12. The van der Waals surface area contributed by atoms with E-state index in [4.69, 9.17) is 28.4 Å². The van der Waals surface area contributed by atoms with Crippen molar-refractivity contribution in [3.8, 4) is 11.5 Å². The minimum Gasteiger partial charge on any atom is -0.488 e. The molecule has 0 bridgehead atoms. The second-order valence-corrected chi connectivity index (χ2v) is 8.97. The summed E-state index contributed by atoms with van der Waals surface area (Å²) in [6.45, 7) is 7.96. The lowest BCUT2D eigenvalue weighted by molar-refractivity contribution is -0.142. The Hall–Kier alpha value is -4.48. The Kier molecular flexibility index (Phi) is 15.1. The number of rotatable bonds is 19. The maximum atomic E-state index is 11.3. The van der Waals surface area contributed by atoms with E-state index in [1.54, 1.807) is 0 Å². The first-order valence-electron chi connectivity index (χ1n) is 13.6. The molecule has 0 fully saturated rings. The second kappa shape index (κ2) is 18.8. The Morgan fingerprint density at radius 2 is 0.762 bits per heavy atom. The molecule has 12 heteroatoms. The highest BCUT2D eigenvalue weighted by atomic mass is 16.5. The van der Waals surface area contributed by atoms with Crippen LogP contribution in [0.15, 0.2) is 48.5 Å². The van der Waals surface area contributed by atoms with E-state index in [-0.39, 0.29) is 63.5 Å². The van der Waals surface area contributed by atoms with Crippen LogP contribution < -0.4 is 19.3 Å². The molecule has 0 aliphatic carbocycles. The lowest BCUT2D eigenvalue weighted by Gasteiger charge is -2.27. The number of ether oxygens (including phenoxy) is 6. The van der Waals surface area contributed by atoms with E-state index < -0.39 is 0 Å². The van der Waals surface area contributed by atoms with Crippen molar-refractivity contribution in [1.82, 2.24) is 0 Å². The van der Waals surface area contributed by atoms with Gasteiger partial charge in [0.15, 0.2) is 0 Å². The average Bonchev–Trinajstić information content (AvgIpc) is 2.93. The summed E-state index contributed by atoms with van der Waals surface area (Å²) in [5.41, 5.74) is 1.50. The fourth-order valence-corrected chi connectivity index (χ4v) is 3.89. The lowest BCUT2D eigenvalue weighted by atomic mass is 10.2. The number of benzene rings is 2. The SMILES string of the molecule is CC(=O)OCCN(CCOC(C)=O)c1ccccc1OCCOc1ccccc1N(CCOC(C)=O)CCOC(C)=O. The highest BCUT2D eigenvalue weighted by Crippen LogP contribution is 2.30. The summed E-state index contributed by atoms with van der Waals surface area (Å²) in [4.78, 5) is 48.9. The van der Waals surface area contributed by atoms with Gasteiger partial charge in [-0.3, -0.25) is 19.2 Å². The summed E-state index contributed by atoms with van der Waals surface area (Å²) in [6, 6.07) is 14.8. The van der Waals surface area contributed by atoms with Crippen LogP contribution in [0.5, 0.6) is 11.5 Å². The van der Waals surface area contributed by atoms with Crippen molar-refractivity contribution in [2.45, 2.75) is 27.7 Å². The molecule has 0 N–H and O–H groups in total. The van der Waals surface area contributed by atoms with Crippen molar-refractivity contribution in [2.75, 3.05) is 75.6 Å². The standard InChI is InChI=1S/C30H40N2O10/c1-23(33)37-17-13-31(14-18-38-24(2)34)27-9-5-7-11-29(27)41-21-22-42-30-12-8-6-10-28(30)32(15-19-39-25(3)35)16-20-40-26(4)36/h5-12H,13-22H2,1-4H3. The lowest BCUT2D eigenvalue weighted by Crippen LogP contribution is -2.32. The van der Waals surface area contributed by atoms with E-state index in [2.05, 4.69) is 0 Å². The number of nitrogens with zero attached hydrogens (tertiary/aromatic N) is 2. The molecule has 0 atom stereocenters. The number of carbonyl (C=O) groups excluding carboxylic acids is 4. The fourth-order valence-electron chi connectivity index (χ4n) is 3.89. The van der Waals surface area contributed by atoms with Crippen LogP contribution in [-0.4, -0.2) is 89.7 Å². The zero-order valence-electron chi connectivity index (χ0n) is 24.7. The van der Waals surface area contributed by atoms with E-state index >= 15 is 0 Å². The van der Waals surface area contributed by atoms with Crippen LogP contribution >= 0.6 is 0 Å². The van der Waals surface area contributed by atoms with Gasteiger partial charge in [-0.15, -0.1) is 0 Å². The Bertz CT molecular complexity index is 1030. The van der Waals surface area contributed by atoms with Crippen molar-refractivity contribution in [3.63, 3.8) is 0 Å². The molecule has 0 aliphatic heterocycles. The number of carbonyl (C=O) groups is 4. The molecule has 0 saturated heterocycles. The topological polar surface area (TPSA) is 130 Å². The van der Waals surface area contributed by atoms with Gasteiger partial charge < -0.3 is 38.2 Å². The third kappa shape index (κ3) is 13.2. The van der Waals surface area contributed by atoms with Gasteiger partial charge in [-0.1, -0.05) is 24.3 Å². The molecular weight excluding hydrogens is 548 g/mol. The minimum atomic E-state index is -0.381. The van der Waals surface area contributed by atoms with E-state index in [0.29, 0.717) is 37.7 Å². The molecule has 2 aromatic rings. The van der Waals surface area contributed by atoms with Gasteiger partial charge in [-0.2, -0.15) is 0 Å². The molecule has 42 heavy (non-hydrogen) atoms. The summed E-state index contributed by atoms with van der Waals surface area (Å²) in [6.07, 6.45) is 0. The molecule has 2 rings (SSSR count). The van der Waals surface area contributed by atoms with Gasteiger partial charge in [0.2, 0.25) is 0 Å². The normalized spacial score (nSPS) is 10.3. The first kappa shape index (κ1) is 33.7. The Morgan fingerprint density at radius 3 is 1.05 bits per heavy atom. The van der Waals surface area contributed by atoms with E-state index in [1.165, 1.54) is 27.7 Å². The summed E-state index contributed by atoms with van der Waals surface area (Å²) >= 11 is 0. The molecular formula is C30H40N2O10. The maximum Gasteiger partial charge on any atom is 0.302 e. The van der Waals surface area contributed by atoms with Crippen LogP contribution in [-0.2, 0) is 38.1 Å². The zero-order chi connectivity index (χ0) is 30.7. The predicted octanol–water partition coefficient (Wildman–Crippen LogP) is 3.01. The highest BCUT2D eigenvalue weighted by Gasteiger charge is 2.16. The van der Waals surface area contributed by atoms with E-state index in [1.807, 2.05) is 58.3 Å². The quantitative estimate of drug-likeness (QED) is 0.136. The van der Waals surface area contributed by atoms with Crippen molar-refractivity contribution < 1.29 is 47.6 Å². The molecule has 0 aliphatic rings. The number of para-hydroxylation sites is 4. The van der Waals surface area contributed by atoms with Gasteiger partial charge in [0.1, 0.15) is 51.1 Å². The van der Waals surface area contributed by atoms with Gasteiger partial charge >= 0.3 is 23.9 Å². The van der Waals surface area contributed by atoms with Crippen molar-refractivity contribution in [3.05, 3.63) is 48.5 Å². The highest BCUT2D eigenvalue weighted by molar-refractivity contribution is 5.67. The largest absolute Gasteiger partial charge is 0.488 e. The van der Waals surface area contributed by atoms with Gasteiger partial charge in [0, 0.05) is 27.7 Å². The Labute approximate surface area is 246 Å². The molecule has 0 unspecified atom stereocenters. The van der Waals surface area contributed by atoms with Crippen LogP contribution in [0.1, 0.15) is 27.7 Å². The van der Waals surface area contributed by atoms with E-state index in [0.717, 1.165) is 11.4 Å². The van der Waals surface area contributed by atoms with Crippen LogP contribution in [0.4, 0.5) is 11.4 Å². The van der Waals surface area contributed by atoms with Crippen molar-refractivity contribution in [1.29, 1.82) is 0 Å². The third-order valence-electron chi connectivity index (χ3n) is 5.68. The second-order valence-electron chi connectivity index (χ2n) is 8.97. The molecule has 0 saturated carbocycles. The van der Waals surface area contributed by atoms with Crippen molar-refractivity contribution in [2.24, 2.45) is 0 Å². The molecule has 0 spiro atoms. The maximum absolute atomic E-state index is 11.3. The van der Waals surface area contributed by atoms with Crippen LogP contribution in [0, 0.1) is 0 Å². The Morgan fingerprint density at radius 1 is 0.476 bits per heavy atom. The summed E-state index contributed by atoms with van der Waals surface area (Å²) < 4.78 is 32.6. The van der Waals surface area contributed by atoms with Gasteiger partial charge in [-0.05, 0) is 24.3 Å². The molecule has 12 nitrogen and oxygen atoms in total. The molecule has 0 aromatic heterocycles. The molecule has 0 radical (unpaired) electrons. The van der Waals surface area contributed by atoms with Crippen LogP contribution in [0.2, 0.25) is 0 Å². The Balaban J connectivity index is 2.07. The fraction of sp³-hybridized carbons (Fsp3) is 0.467. The van der Waals surface area contributed by atoms with Crippen LogP contribution in [0.25, 0.3) is 0 Å². The summed E-state index contributed by atoms with van der Waals surface area (Å²) in [5, 5.41) is 0. The first-order valence-corrected chi connectivity index (χ1v) is 13.6. The third-order valence-corrected chi connectivity index (χ3v) is 5.68. The predicted molar refractivity (Wildman–Crippen MR) is 155 cm³/mol. The number of esters is 4. The number of hydrogen-bond donors (Lipinski definition) is 0. The molecule has 2 aromatic carbocycles. The first-order chi connectivity index (χ1) is 20.2. The molecule has 0 heterocycles. The summed E-state index contributed by atoms with van der Waals surface area (Å²) in [5.74, 6) is -0.350. The van der Waals surface area contributed by atoms with Gasteiger partial charge in [0.25, 0.3) is 0 Å². The smallest absolute Gasteiger partial charge is 0.302 e. The van der Waals surface area contributed by atoms with Crippen LogP contribution in [0.3, 0.4) is 0 Å². The van der Waals surface area contributed by atoms with Gasteiger partial charge in [-0.25, -0.2) is 0 Å². The van der Waals surface area contributed by atoms with Crippen molar-refractivity contribution >= 4 is 35.3 Å². The van der Waals surface area contributed by atoms with E-state index in [9.17, 15) is 19.2 Å². The minimum absolute atomic E-state index is 0.162. The van der Waals surface area contributed by atoms with Gasteiger partial charge in [0.05, 0.1) is 37.6 Å². The zero-order valence-corrected chi connectivity index (χ0v) is 24.7.